The average molecular weight is 636 g/mol. The fourth-order valence-electron chi connectivity index (χ4n) is 4.12. The van der Waals surface area contributed by atoms with Gasteiger partial charge in [0.15, 0.2) is 21.2 Å². The predicted molar refractivity (Wildman–Crippen MR) is 171 cm³/mol. The number of aromatic amines is 2. The summed E-state index contributed by atoms with van der Waals surface area (Å²) in [5.41, 5.74) is 3.70. The Morgan fingerprint density at radius 3 is 1.19 bits per heavy atom. The van der Waals surface area contributed by atoms with Gasteiger partial charge in [0.25, 0.3) is 0 Å². The maximum Gasteiger partial charge on any atom is 0.200 e. The van der Waals surface area contributed by atoms with Crippen molar-refractivity contribution in [2.75, 3.05) is 14.2 Å². The molecule has 0 unspecified atom stereocenters. The molecule has 0 radical (unpaired) electrons. The van der Waals surface area contributed by atoms with Crippen molar-refractivity contribution in [1.29, 1.82) is 0 Å². The van der Waals surface area contributed by atoms with Gasteiger partial charge in [-0.3, -0.25) is 19.3 Å². The predicted octanol–water partition coefficient (Wildman–Crippen LogP) is 8.52. The van der Waals surface area contributed by atoms with E-state index in [0.717, 1.165) is 45.6 Å². The molecule has 0 spiro atoms. The van der Waals surface area contributed by atoms with Gasteiger partial charge in [-0.25, -0.2) is 0 Å². The third-order valence-corrected chi connectivity index (χ3v) is 7.26. The van der Waals surface area contributed by atoms with E-state index in [1.54, 1.807) is 14.2 Å². The van der Waals surface area contributed by atoms with Crippen LogP contribution in [-0.2, 0) is 0 Å². The van der Waals surface area contributed by atoms with Crippen LogP contribution in [0.4, 0.5) is 0 Å². The molecular weight excluding hydrogens is 611 g/mol. The Morgan fingerprint density at radius 1 is 0.548 bits per heavy atom. The van der Waals surface area contributed by atoms with Gasteiger partial charge in [-0.2, -0.15) is 10.2 Å². The molecule has 0 aliphatic rings. The first kappa shape index (κ1) is 29.3. The summed E-state index contributed by atoms with van der Waals surface area (Å²) >= 11 is 22.5. The molecule has 0 atom stereocenters. The first-order chi connectivity index (χ1) is 20.4. The number of methoxy groups -OCH3 is 2. The number of halogens is 2. The Kier molecular flexibility index (Phi) is 9.19. The molecule has 8 nitrogen and oxygen atoms in total. The van der Waals surface area contributed by atoms with Crippen LogP contribution in [0, 0.1) is 9.54 Å². The van der Waals surface area contributed by atoms with E-state index in [4.69, 9.17) is 57.1 Å². The molecular formula is C30H24Cl2N6O2S2. The number of hydrogen-bond donors (Lipinski definition) is 2. The topological polar surface area (TPSA) is 85.7 Å². The average Bonchev–Trinajstić information content (AvgIpc) is 3.61. The molecule has 0 fully saturated rings. The molecule has 0 saturated heterocycles. The second-order valence-electron chi connectivity index (χ2n) is 8.79. The van der Waals surface area contributed by atoms with Gasteiger partial charge < -0.3 is 9.47 Å². The molecule has 2 heterocycles. The fraction of sp³-hybridized carbons (Fsp3) is 0.0667. The lowest BCUT2D eigenvalue weighted by molar-refractivity contribution is 0.414. The van der Waals surface area contributed by atoms with Crippen LogP contribution in [0.25, 0.3) is 34.2 Å². The quantitative estimate of drug-likeness (QED) is 0.179. The van der Waals surface area contributed by atoms with Gasteiger partial charge in [0.1, 0.15) is 11.5 Å². The van der Waals surface area contributed by atoms with E-state index in [2.05, 4.69) is 20.4 Å². The molecule has 0 aliphatic carbocycles. The van der Waals surface area contributed by atoms with Gasteiger partial charge in [-0.15, -0.1) is 0 Å². The van der Waals surface area contributed by atoms with Crippen LogP contribution in [0.1, 0.15) is 0 Å². The van der Waals surface area contributed by atoms with Crippen molar-refractivity contribution < 1.29 is 9.47 Å². The summed E-state index contributed by atoms with van der Waals surface area (Å²) in [5, 5.41) is 15.6. The van der Waals surface area contributed by atoms with Crippen LogP contribution >= 0.6 is 47.6 Å². The summed E-state index contributed by atoms with van der Waals surface area (Å²) in [4.78, 5) is 0. The van der Waals surface area contributed by atoms with Crippen molar-refractivity contribution in [3.63, 3.8) is 0 Å². The Morgan fingerprint density at radius 2 is 0.881 bits per heavy atom. The second-order valence-corrected chi connectivity index (χ2v) is 10.4. The summed E-state index contributed by atoms with van der Waals surface area (Å²) in [7, 11) is 3.28. The number of hydrogen-bond acceptors (Lipinski definition) is 6. The van der Waals surface area contributed by atoms with Gasteiger partial charge in [0.05, 0.1) is 25.6 Å². The number of aromatic nitrogens is 6. The summed E-state index contributed by atoms with van der Waals surface area (Å²) in [6.45, 7) is 0. The molecule has 42 heavy (non-hydrogen) atoms. The minimum atomic E-state index is 0.531. The van der Waals surface area contributed by atoms with Crippen LogP contribution < -0.4 is 9.47 Å². The minimum absolute atomic E-state index is 0.531. The molecule has 2 N–H and O–H groups in total. The molecule has 0 aliphatic heterocycles. The highest BCUT2D eigenvalue weighted by Gasteiger charge is 2.12. The summed E-state index contributed by atoms with van der Waals surface area (Å²) in [5.74, 6) is 3.08. The smallest absolute Gasteiger partial charge is 0.200 e. The molecule has 4 aromatic carbocycles. The number of nitrogens with one attached hydrogen (secondary N) is 2. The lowest BCUT2D eigenvalue weighted by atomic mass is 10.2. The SMILES string of the molecule is COc1ccc(-c2n[nH]c(=S)n2-c2ccc(Cl)cc2)cc1.COc1ccc(-c2n[nH]c(=S)n2-c2ccc(Cl)cc2)cc1. The highest BCUT2D eigenvalue weighted by Crippen LogP contribution is 2.26. The van der Waals surface area contributed by atoms with Crippen LogP contribution in [-0.4, -0.2) is 43.7 Å². The van der Waals surface area contributed by atoms with E-state index >= 15 is 0 Å². The molecule has 12 heteroatoms. The molecule has 0 bridgehead atoms. The van der Waals surface area contributed by atoms with Gasteiger partial charge >= 0.3 is 0 Å². The lowest BCUT2D eigenvalue weighted by Crippen LogP contribution is -1.97. The van der Waals surface area contributed by atoms with Crippen molar-refractivity contribution >= 4 is 47.6 Å². The molecule has 2 aromatic heterocycles. The van der Waals surface area contributed by atoms with E-state index in [1.807, 2.05) is 106 Å². The summed E-state index contributed by atoms with van der Waals surface area (Å²) in [6, 6.07) is 30.2. The van der Waals surface area contributed by atoms with Crippen molar-refractivity contribution in [3.05, 3.63) is 117 Å². The monoisotopic (exact) mass is 634 g/mol. The van der Waals surface area contributed by atoms with E-state index in [-0.39, 0.29) is 0 Å². The zero-order valence-corrected chi connectivity index (χ0v) is 25.6. The van der Waals surface area contributed by atoms with Crippen molar-refractivity contribution in [1.82, 2.24) is 29.5 Å². The van der Waals surface area contributed by atoms with Gasteiger partial charge in [-0.1, -0.05) is 23.2 Å². The molecule has 0 saturated carbocycles. The zero-order valence-electron chi connectivity index (χ0n) is 22.4. The zero-order chi connectivity index (χ0) is 29.6. The third-order valence-electron chi connectivity index (χ3n) is 6.21. The number of H-pyrrole nitrogens is 2. The van der Waals surface area contributed by atoms with Crippen molar-refractivity contribution in [2.24, 2.45) is 0 Å². The molecule has 0 amide bonds. The van der Waals surface area contributed by atoms with Gasteiger partial charge in [-0.05, 0) is 121 Å². The lowest BCUT2D eigenvalue weighted by Gasteiger charge is -2.07. The Bertz CT molecular complexity index is 1750. The van der Waals surface area contributed by atoms with Crippen molar-refractivity contribution in [3.8, 4) is 45.6 Å². The van der Waals surface area contributed by atoms with Gasteiger partial charge in [0, 0.05) is 21.2 Å². The Hall–Kier alpha value is -4.22. The van der Waals surface area contributed by atoms with Crippen LogP contribution in [0.3, 0.4) is 0 Å². The van der Waals surface area contributed by atoms with Crippen LogP contribution in [0.2, 0.25) is 10.0 Å². The first-order valence-corrected chi connectivity index (χ1v) is 14.1. The number of rotatable bonds is 6. The molecule has 6 rings (SSSR count). The largest absolute Gasteiger partial charge is 0.497 e. The number of ether oxygens (including phenoxy) is 2. The van der Waals surface area contributed by atoms with Crippen molar-refractivity contribution in [2.45, 2.75) is 0 Å². The Balaban J connectivity index is 0.000000168. The van der Waals surface area contributed by atoms with E-state index in [1.165, 1.54) is 0 Å². The Labute approximate surface area is 262 Å². The summed E-state index contributed by atoms with van der Waals surface area (Å²) < 4.78 is 15.1. The first-order valence-electron chi connectivity index (χ1n) is 12.5. The van der Waals surface area contributed by atoms with E-state index in [0.29, 0.717) is 19.6 Å². The summed E-state index contributed by atoms with van der Waals surface area (Å²) in [6.07, 6.45) is 0. The molecule has 6 aromatic rings. The fourth-order valence-corrected chi connectivity index (χ4v) is 4.85. The van der Waals surface area contributed by atoms with E-state index < -0.39 is 0 Å². The number of nitrogens with zero attached hydrogens (tertiary/aromatic N) is 4. The number of benzene rings is 4. The highest BCUT2D eigenvalue weighted by molar-refractivity contribution is 7.71. The highest BCUT2D eigenvalue weighted by atomic mass is 35.5. The van der Waals surface area contributed by atoms with Gasteiger partial charge in [0.2, 0.25) is 0 Å². The van der Waals surface area contributed by atoms with Crippen LogP contribution in [0.5, 0.6) is 11.5 Å². The second kappa shape index (κ2) is 13.2. The third kappa shape index (κ3) is 6.47. The maximum atomic E-state index is 5.93. The normalized spacial score (nSPS) is 10.6. The minimum Gasteiger partial charge on any atom is -0.497 e. The van der Waals surface area contributed by atoms with Crippen LogP contribution in [0.15, 0.2) is 97.1 Å². The van der Waals surface area contributed by atoms with E-state index in [9.17, 15) is 0 Å². The molecule has 212 valence electrons. The maximum absolute atomic E-state index is 5.93. The standard InChI is InChI=1S/2C15H12ClN3OS/c2*1-20-13-8-2-10(3-9-13)14-17-18-15(21)19(14)12-6-4-11(16)5-7-12/h2*2-9H,1H3,(H,18,21).